The molecule has 12 heteroatoms. The molecule has 1 aromatic heterocycles. The zero-order valence-corrected chi connectivity index (χ0v) is 25.5. The van der Waals surface area contributed by atoms with E-state index < -0.39 is 11.2 Å². The lowest BCUT2D eigenvalue weighted by Gasteiger charge is -2.37. The van der Waals surface area contributed by atoms with E-state index in [2.05, 4.69) is 41.2 Å². The maximum atomic E-state index is 12.8. The number of carbonyl (C=O) groups excluding carboxylic acids is 2. The first-order valence-corrected chi connectivity index (χ1v) is 14.2. The fraction of sp³-hybridized carbons (Fsp3) is 0.586. The van der Waals surface area contributed by atoms with Gasteiger partial charge in [0.25, 0.3) is 0 Å². The predicted octanol–water partition coefficient (Wildman–Crippen LogP) is 2.16. The molecule has 2 aliphatic rings. The third-order valence-electron chi connectivity index (χ3n) is 7.86. The van der Waals surface area contributed by atoms with Crippen molar-refractivity contribution in [3.63, 3.8) is 0 Å². The lowest BCUT2D eigenvalue weighted by Crippen LogP contribution is -2.58. The van der Waals surface area contributed by atoms with Crippen LogP contribution >= 0.6 is 12.4 Å². The molecule has 1 unspecified atom stereocenters. The lowest BCUT2D eigenvalue weighted by atomic mass is 9.84. The van der Waals surface area contributed by atoms with Gasteiger partial charge in [0.2, 0.25) is 5.91 Å². The summed E-state index contributed by atoms with van der Waals surface area (Å²) in [5.74, 6) is 0.0415. The zero-order valence-electron chi connectivity index (χ0n) is 24.6. The number of piperazine rings is 1. The van der Waals surface area contributed by atoms with Crippen molar-refractivity contribution in [2.24, 2.45) is 11.5 Å². The topological polar surface area (TPSA) is 143 Å². The number of aromatic nitrogens is 2. The molecule has 2 aromatic rings. The van der Waals surface area contributed by atoms with Crippen LogP contribution in [0.3, 0.4) is 0 Å². The van der Waals surface area contributed by atoms with E-state index >= 15 is 0 Å². The van der Waals surface area contributed by atoms with E-state index in [-0.39, 0.29) is 35.6 Å². The van der Waals surface area contributed by atoms with Crippen LogP contribution in [0.1, 0.15) is 52.5 Å². The molecular weight excluding hydrogens is 544 g/mol. The van der Waals surface area contributed by atoms with Gasteiger partial charge in [-0.3, -0.25) is 14.7 Å². The summed E-state index contributed by atoms with van der Waals surface area (Å²) in [5, 5.41) is 2.70. The van der Waals surface area contributed by atoms with E-state index in [1.54, 1.807) is 35.9 Å². The number of hydrogen-bond acceptors (Lipinski definition) is 7. The van der Waals surface area contributed by atoms with Gasteiger partial charge in [0.05, 0.1) is 11.2 Å². The third-order valence-corrected chi connectivity index (χ3v) is 7.86. The van der Waals surface area contributed by atoms with Crippen LogP contribution in [0.5, 0.6) is 0 Å². The molecule has 1 atom stereocenters. The van der Waals surface area contributed by atoms with Crippen LogP contribution in [0.2, 0.25) is 0 Å². The van der Waals surface area contributed by atoms with Gasteiger partial charge in [0, 0.05) is 50.4 Å². The van der Waals surface area contributed by atoms with Crippen molar-refractivity contribution in [3.8, 4) is 5.69 Å². The van der Waals surface area contributed by atoms with E-state index in [1.165, 1.54) is 10.1 Å². The molecule has 11 nitrogen and oxygen atoms in total. The van der Waals surface area contributed by atoms with E-state index in [9.17, 15) is 14.4 Å². The fourth-order valence-electron chi connectivity index (χ4n) is 5.44. The zero-order chi connectivity index (χ0) is 29.1. The van der Waals surface area contributed by atoms with E-state index in [0.717, 1.165) is 38.9 Å². The van der Waals surface area contributed by atoms with Crippen molar-refractivity contribution in [2.75, 3.05) is 51.1 Å². The standard InChI is InChI=1S/C29H44N8O3.ClH/c1-28(2,20-34-13-5-6-22(30)11-14-34)21-7-9-23(10-8-21)37-15-12-24(33-27(37)40)32-26(39)36-18-16-35(17-19-36)25(38)29(3,4)31;/h7-10,12,15,22H,5-6,11,13-14,16-20,30-31H2,1-4H3,(H,32,33,39,40);1H. The molecule has 0 bridgehead atoms. The summed E-state index contributed by atoms with van der Waals surface area (Å²) in [7, 11) is 0. The normalized spacial score (nSPS) is 18.8. The van der Waals surface area contributed by atoms with Crippen LogP contribution in [-0.2, 0) is 10.2 Å². The van der Waals surface area contributed by atoms with Crippen LogP contribution in [0, 0.1) is 0 Å². The van der Waals surface area contributed by atoms with Crippen LogP contribution in [0.15, 0.2) is 41.3 Å². The van der Waals surface area contributed by atoms with Gasteiger partial charge >= 0.3 is 11.7 Å². The molecular formula is C29H45ClN8O3. The number of nitrogens with two attached hydrogens (primary N) is 2. The van der Waals surface area contributed by atoms with Crippen molar-refractivity contribution in [1.82, 2.24) is 24.3 Å². The molecule has 0 aliphatic carbocycles. The second-order valence-electron chi connectivity index (χ2n) is 12.3. The van der Waals surface area contributed by atoms with Gasteiger partial charge in [0.1, 0.15) is 5.82 Å². The molecule has 1 aromatic carbocycles. The van der Waals surface area contributed by atoms with Gasteiger partial charge in [-0.2, -0.15) is 4.98 Å². The Morgan fingerprint density at radius 3 is 2.20 bits per heavy atom. The Balaban J connectivity index is 0.00000462. The van der Waals surface area contributed by atoms with E-state index in [0.29, 0.717) is 37.9 Å². The minimum absolute atomic E-state index is 0. The quantitative estimate of drug-likeness (QED) is 0.469. The smallest absolute Gasteiger partial charge is 0.338 e. The molecule has 226 valence electrons. The van der Waals surface area contributed by atoms with Crippen LogP contribution in [-0.4, -0.2) is 93.6 Å². The van der Waals surface area contributed by atoms with Crippen LogP contribution < -0.4 is 22.5 Å². The summed E-state index contributed by atoms with van der Waals surface area (Å²) in [6, 6.07) is 9.55. The molecule has 2 saturated heterocycles. The van der Waals surface area contributed by atoms with Crippen LogP contribution in [0.4, 0.5) is 10.6 Å². The minimum atomic E-state index is -0.948. The maximum Gasteiger partial charge on any atom is 0.354 e. The summed E-state index contributed by atoms with van der Waals surface area (Å²) >= 11 is 0. The molecule has 4 rings (SSSR count). The Morgan fingerprint density at radius 2 is 1.59 bits per heavy atom. The fourth-order valence-corrected chi connectivity index (χ4v) is 5.44. The van der Waals surface area contributed by atoms with E-state index in [1.807, 2.05) is 12.1 Å². The second-order valence-corrected chi connectivity index (χ2v) is 12.3. The summed E-state index contributed by atoms with van der Waals surface area (Å²) in [6.45, 7) is 12.4. The van der Waals surface area contributed by atoms with E-state index in [4.69, 9.17) is 11.5 Å². The highest BCUT2D eigenvalue weighted by atomic mass is 35.5. The van der Waals surface area contributed by atoms with Crippen molar-refractivity contribution in [3.05, 3.63) is 52.6 Å². The molecule has 0 radical (unpaired) electrons. The number of urea groups is 1. The molecule has 5 N–H and O–H groups in total. The van der Waals surface area contributed by atoms with Gasteiger partial charge in [-0.15, -0.1) is 12.4 Å². The minimum Gasteiger partial charge on any atom is -0.338 e. The molecule has 3 amide bonds. The van der Waals surface area contributed by atoms with Crippen LogP contribution in [0.25, 0.3) is 5.69 Å². The number of anilines is 1. The third kappa shape index (κ3) is 8.28. The monoisotopic (exact) mass is 588 g/mol. The summed E-state index contributed by atoms with van der Waals surface area (Å²) < 4.78 is 1.46. The summed E-state index contributed by atoms with van der Waals surface area (Å²) in [5.41, 5.74) is 12.5. The Hall–Kier alpha value is -2.99. The van der Waals surface area contributed by atoms with Crippen molar-refractivity contribution in [2.45, 2.75) is 64.0 Å². The van der Waals surface area contributed by atoms with Gasteiger partial charge < -0.3 is 26.2 Å². The molecule has 2 aliphatic heterocycles. The molecule has 3 heterocycles. The van der Waals surface area contributed by atoms with Gasteiger partial charge in [0.15, 0.2) is 0 Å². The Labute approximate surface area is 248 Å². The molecule has 0 spiro atoms. The first kappa shape index (κ1) is 32.5. The Bertz CT molecular complexity index is 1250. The highest BCUT2D eigenvalue weighted by Crippen LogP contribution is 2.26. The number of nitrogens with zero attached hydrogens (tertiary/aromatic N) is 5. The van der Waals surface area contributed by atoms with Gasteiger partial charge in [-0.25, -0.2) is 9.59 Å². The van der Waals surface area contributed by atoms with Gasteiger partial charge in [-0.05, 0) is 70.0 Å². The molecule has 2 fully saturated rings. The Kier molecular flexibility index (Phi) is 10.6. The highest BCUT2D eigenvalue weighted by Gasteiger charge is 2.31. The second kappa shape index (κ2) is 13.3. The van der Waals surface area contributed by atoms with Crippen molar-refractivity contribution < 1.29 is 9.59 Å². The first-order chi connectivity index (χ1) is 18.8. The number of nitrogens with one attached hydrogen (secondary N) is 1. The summed E-state index contributed by atoms with van der Waals surface area (Å²) in [6.07, 6.45) is 4.87. The number of amides is 3. The number of benzene rings is 1. The number of hydrogen-bond donors (Lipinski definition) is 3. The first-order valence-electron chi connectivity index (χ1n) is 14.2. The largest absolute Gasteiger partial charge is 0.354 e. The summed E-state index contributed by atoms with van der Waals surface area (Å²) in [4.78, 5) is 47.8. The van der Waals surface area contributed by atoms with Gasteiger partial charge in [-0.1, -0.05) is 26.0 Å². The number of halogens is 1. The lowest BCUT2D eigenvalue weighted by molar-refractivity contribution is -0.137. The average Bonchev–Trinajstić information content (AvgIpc) is 3.11. The average molecular weight is 589 g/mol. The number of rotatable bonds is 6. The number of likely N-dealkylation sites (tertiary alicyclic amines) is 1. The maximum absolute atomic E-state index is 12.8. The SMILES string of the molecule is CC(C)(N)C(=O)N1CCN(C(=O)Nc2ccn(-c3ccc(C(C)(C)CN4CCCC(N)CC4)cc3)c(=O)n2)CC1.Cl. The molecule has 0 saturated carbocycles. The highest BCUT2D eigenvalue weighted by molar-refractivity contribution is 5.89. The number of carbonyl (C=O) groups is 2. The molecule has 41 heavy (non-hydrogen) atoms. The predicted molar refractivity (Wildman–Crippen MR) is 164 cm³/mol. The van der Waals surface area contributed by atoms with Crippen molar-refractivity contribution in [1.29, 1.82) is 0 Å². The Morgan fingerprint density at radius 1 is 0.951 bits per heavy atom. The van der Waals surface area contributed by atoms with Crippen molar-refractivity contribution >= 4 is 30.2 Å².